The van der Waals surface area contributed by atoms with Crippen LogP contribution >= 0.6 is 27.7 Å². The van der Waals surface area contributed by atoms with Crippen LogP contribution in [0.1, 0.15) is 5.56 Å². The fraction of sp³-hybridized carbons (Fsp3) is 0.455. The van der Waals surface area contributed by atoms with E-state index in [-0.39, 0.29) is 17.8 Å². The van der Waals surface area contributed by atoms with E-state index in [0.29, 0.717) is 4.47 Å². The van der Waals surface area contributed by atoms with Crippen LogP contribution < -0.4 is 0 Å². The molecule has 0 aromatic heterocycles. The highest BCUT2D eigenvalue weighted by molar-refractivity contribution is 9.10. The Morgan fingerprint density at radius 3 is 2.93 bits per heavy atom. The summed E-state index contributed by atoms with van der Waals surface area (Å²) in [6.07, 6.45) is 0.497. The SMILES string of the molecule is OC1CSCC1Cc1cccc(F)c1Br. The summed E-state index contributed by atoms with van der Waals surface area (Å²) in [5, 5.41) is 9.68. The number of hydrogen-bond acceptors (Lipinski definition) is 2. The van der Waals surface area contributed by atoms with E-state index in [1.165, 1.54) is 6.07 Å². The van der Waals surface area contributed by atoms with Crippen molar-refractivity contribution in [2.45, 2.75) is 12.5 Å². The van der Waals surface area contributed by atoms with Gasteiger partial charge in [0, 0.05) is 5.75 Å². The van der Waals surface area contributed by atoms with Gasteiger partial charge in [-0.3, -0.25) is 0 Å². The largest absolute Gasteiger partial charge is 0.392 e. The standard InChI is InChI=1S/C11H12BrFOS/c12-11-7(2-1-3-9(11)13)4-8-5-15-6-10(8)14/h1-3,8,10,14H,4-6H2. The average molecular weight is 291 g/mol. The van der Waals surface area contributed by atoms with Gasteiger partial charge in [-0.25, -0.2) is 4.39 Å². The van der Waals surface area contributed by atoms with E-state index < -0.39 is 0 Å². The first-order valence-corrected chi connectivity index (χ1v) is 6.82. The van der Waals surface area contributed by atoms with Gasteiger partial charge in [0.05, 0.1) is 10.6 Å². The first-order valence-electron chi connectivity index (χ1n) is 4.87. The maximum atomic E-state index is 13.2. The Labute approximate surface area is 101 Å². The molecule has 0 saturated carbocycles. The molecule has 2 atom stereocenters. The van der Waals surface area contributed by atoms with Gasteiger partial charge in [0.15, 0.2) is 0 Å². The van der Waals surface area contributed by atoms with Gasteiger partial charge in [0.2, 0.25) is 0 Å². The molecule has 0 radical (unpaired) electrons. The zero-order valence-electron chi connectivity index (χ0n) is 8.12. The molecule has 1 aliphatic rings. The van der Waals surface area contributed by atoms with Crippen molar-refractivity contribution in [2.75, 3.05) is 11.5 Å². The molecule has 1 N–H and O–H groups in total. The molecule has 0 bridgehead atoms. The van der Waals surface area contributed by atoms with Crippen LogP contribution in [0, 0.1) is 11.7 Å². The van der Waals surface area contributed by atoms with Gasteiger partial charge in [0.25, 0.3) is 0 Å². The molecule has 1 fully saturated rings. The summed E-state index contributed by atoms with van der Waals surface area (Å²) < 4.78 is 13.8. The summed E-state index contributed by atoms with van der Waals surface area (Å²) in [6, 6.07) is 5.06. The van der Waals surface area contributed by atoms with Gasteiger partial charge in [-0.1, -0.05) is 12.1 Å². The van der Waals surface area contributed by atoms with Crippen LogP contribution in [0.2, 0.25) is 0 Å². The first-order chi connectivity index (χ1) is 7.18. The number of rotatable bonds is 2. The third kappa shape index (κ3) is 2.55. The molecule has 1 heterocycles. The maximum absolute atomic E-state index is 13.2. The molecular formula is C11H12BrFOS. The number of aliphatic hydroxyl groups is 1. The fourth-order valence-electron chi connectivity index (χ4n) is 1.77. The molecule has 2 unspecified atom stereocenters. The van der Waals surface area contributed by atoms with Crippen molar-refractivity contribution in [2.24, 2.45) is 5.92 Å². The molecule has 15 heavy (non-hydrogen) atoms. The van der Waals surface area contributed by atoms with E-state index >= 15 is 0 Å². The van der Waals surface area contributed by atoms with Crippen molar-refractivity contribution in [3.8, 4) is 0 Å². The molecule has 0 spiro atoms. The van der Waals surface area contributed by atoms with Crippen molar-refractivity contribution < 1.29 is 9.50 Å². The van der Waals surface area contributed by atoms with Crippen molar-refractivity contribution in [3.63, 3.8) is 0 Å². The summed E-state index contributed by atoms with van der Waals surface area (Å²) >= 11 is 5.00. The number of hydrogen-bond donors (Lipinski definition) is 1. The minimum absolute atomic E-state index is 0.229. The Balaban J connectivity index is 2.13. The summed E-state index contributed by atoms with van der Waals surface area (Å²) in [5.41, 5.74) is 0.946. The van der Waals surface area contributed by atoms with E-state index in [4.69, 9.17) is 0 Å². The molecule has 4 heteroatoms. The lowest BCUT2D eigenvalue weighted by molar-refractivity contribution is 0.149. The summed E-state index contributed by atoms with van der Waals surface area (Å²) in [7, 11) is 0. The number of benzene rings is 1. The molecule has 2 rings (SSSR count). The smallest absolute Gasteiger partial charge is 0.137 e. The highest BCUT2D eigenvalue weighted by atomic mass is 79.9. The maximum Gasteiger partial charge on any atom is 0.137 e. The van der Waals surface area contributed by atoms with Gasteiger partial charge in [-0.2, -0.15) is 11.8 Å². The minimum Gasteiger partial charge on any atom is -0.392 e. The predicted octanol–water partition coefficient (Wildman–Crippen LogP) is 2.85. The molecule has 82 valence electrons. The summed E-state index contributed by atoms with van der Waals surface area (Å²) in [4.78, 5) is 0. The van der Waals surface area contributed by atoms with Gasteiger partial charge in [-0.05, 0) is 45.7 Å². The summed E-state index contributed by atoms with van der Waals surface area (Å²) in [6.45, 7) is 0. The second-order valence-corrected chi connectivity index (χ2v) is 5.65. The Morgan fingerprint density at radius 2 is 2.27 bits per heavy atom. The summed E-state index contributed by atoms with van der Waals surface area (Å²) in [5.74, 6) is 1.79. The van der Waals surface area contributed by atoms with Crippen LogP contribution in [0.3, 0.4) is 0 Å². The predicted molar refractivity (Wildman–Crippen MR) is 64.6 cm³/mol. The third-order valence-electron chi connectivity index (χ3n) is 2.68. The quantitative estimate of drug-likeness (QED) is 0.904. The highest BCUT2D eigenvalue weighted by Gasteiger charge is 2.26. The third-order valence-corrected chi connectivity index (χ3v) is 4.81. The van der Waals surface area contributed by atoms with Gasteiger partial charge in [0.1, 0.15) is 5.82 Å². The molecule has 1 aromatic rings. The highest BCUT2D eigenvalue weighted by Crippen LogP contribution is 2.30. The molecule has 0 amide bonds. The van der Waals surface area contributed by atoms with E-state index in [2.05, 4.69) is 15.9 Å². The van der Waals surface area contributed by atoms with Gasteiger partial charge >= 0.3 is 0 Å². The van der Waals surface area contributed by atoms with Gasteiger partial charge in [-0.15, -0.1) is 0 Å². The van der Waals surface area contributed by atoms with Crippen molar-refractivity contribution >= 4 is 27.7 Å². The van der Waals surface area contributed by atoms with Crippen LogP contribution in [0.15, 0.2) is 22.7 Å². The van der Waals surface area contributed by atoms with Crippen molar-refractivity contribution in [1.82, 2.24) is 0 Å². The Hall–Kier alpha value is -0.0600. The number of thioether (sulfide) groups is 1. The molecule has 1 aliphatic heterocycles. The normalized spacial score (nSPS) is 25.8. The van der Waals surface area contributed by atoms with Crippen LogP contribution in [0.25, 0.3) is 0 Å². The van der Waals surface area contributed by atoms with E-state index in [0.717, 1.165) is 23.5 Å². The Kier molecular flexibility index (Phi) is 3.69. The van der Waals surface area contributed by atoms with Gasteiger partial charge < -0.3 is 5.11 Å². The van der Waals surface area contributed by atoms with Crippen molar-refractivity contribution in [3.05, 3.63) is 34.1 Å². The number of aliphatic hydroxyl groups excluding tert-OH is 1. The van der Waals surface area contributed by atoms with E-state index in [1.807, 2.05) is 6.07 Å². The second-order valence-electron chi connectivity index (χ2n) is 3.78. The zero-order chi connectivity index (χ0) is 10.8. The molecule has 0 aliphatic carbocycles. The van der Waals surface area contributed by atoms with Crippen molar-refractivity contribution in [1.29, 1.82) is 0 Å². The molecule has 1 aromatic carbocycles. The Morgan fingerprint density at radius 1 is 1.47 bits per heavy atom. The molecule has 1 nitrogen and oxygen atoms in total. The van der Waals surface area contributed by atoms with Crippen LogP contribution in [0.5, 0.6) is 0 Å². The van der Waals surface area contributed by atoms with Crippen LogP contribution in [0.4, 0.5) is 4.39 Å². The van der Waals surface area contributed by atoms with Crippen LogP contribution in [-0.4, -0.2) is 22.7 Å². The van der Waals surface area contributed by atoms with E-state index in [1.54, 1.807) is 17.8 Å². The van der Waals surface area contributed by atoms with E-state index in [9.17, 15) is 9.50 Å². The lowest BCUT2D eigenvalue weighted by Crippen LogP contribution is -2.20. The Bertz CT molecular complexity index is 358. The molecular weight excluding hydrogens is 279 g/mol. The molecule has 1 saturated heterocycles. The fourth-order valence-corrected chi connectivity index (χ4v) is 3.49. The lowest BCUT2D eigenvalue weighted by atomic mass is 9.97. The monoisotopic (exact) mass is 290 g/mol. The average Bonchev–Trinajstić information content (AvgIpc) is 2.60. The minimum atomic E-state index is -0.245. The topological polar surface area (TPSA) is 20.2 Å². The van der Waals surface area contributed by atoms with Crippen LogP contribution in [-0.2, 0) is 6.42 Å². The lowest BCUT2D eigenvalue weighted by Gasteiger charge is -2.14. The second kappa shape index (κ2) is 4.85. The zero-order valence-corrected chi connectivity index (χ0v) is 10.5. The first kappa shape index (κ1) is 11.4. The number of halogens is 2.